The van der Waals surface area contributed by atoms with E-state index in [0.717, 1.165) is 134 Å². The van der Waals surface area contributed by atoms with Crippen LogP contribution >= 0.6 is 34.0 Å². The Morgan fingerprint density at radius 2 is 0.476 bits per heavy atom. The van der Waals surface area contributed by atoms with Crippen LogP contribution in [0.25, 0.3) is 261 Å². The molecule has 27 rings (SSSR count). The first-order valence-corrected chi connectivity index (χ1v) is 42.8. The predicted octanol–water partition coefficient (Wildman–Crippen LogP) is 30.9. The number of benzene rings is 18. The second-order valence-electron chi connectivity index (χ2n) is 30.3. The normalized spacial score (nSPS) is 13.5. The summed E-state index contributed by atoms with van der Waals surface area (Å²) in [6.07, 6.45) is 0. The van der Waals surface area contributed by atoms with Crippen molar-refractivity contribution in [1.82, 2.24) is 44.9 Å². The Kier molecular flexibility index (Phi) is 13.9. The minimum Gasteiger partial charge on any atom is -0.456 e. The zero-order valence-electron chi connectivity index (χ0n) is 80.7. The van der Waals surface area contributed by atoms with E-state index in [4.69, 9.17) is 78.7 Å². The molecule has 0 radical (unpaired) electrons. The van der Waals surface area contributed by atoms with Gasteiger partial charge in [0.2, 0.25) is 0 Å². The fraction of sp³-hybridized carbons (Fsp3) is 0. The minimum atomic E-state index is -0.477. The van der Waals surface area contributed by atoms with Gasteiger partial charge in [0, 0.05) is 143 Å². The van der Waals surface area contributed by atoms with E-state index < -0.39 is 54.4 Å². The smallest absolute Gasteiger partial charge is 0.164 e. The topological polar surface area (TPSA) is 155 Å². The Hall–Kier alpha value is -16.2. The Balaban J connectivity index is 0.000000111. The molecular weight excluding hydrogens is 1600 g/mol. The first-order valence-electron chi connectivity index (χ1n) is 47.8. The van der Waals surface area contributed by atoms with Gasteiger partial charge in [0.05, 0.1) is 20.6 Å². The third-order valence-electron chi connectivity index (χ3n) is 22.8. The molecule has 0 aliphatic heterocycles. The molecule has 0 saturated heterocycles. The van der Waals surface area contributed by atoms with E-state index in [2.05, 4.69) is 84.9 Å². The Bertz CT molecular complexity index is 10000. The molecule has 27 aromatic rings. The number of hydrogen-bond acceptors (Lipinski definition) is 15. The molecule has 0 unspecified atom stereocenters. The van der Waals surface area contributed by atoms with Crippen molar-refractivity contribution in [2.75, 3.05) is 0 Å². The zero-order valence-corrected chi connectivity index (χ0v) is 68.1. The molecule has 18 aromatic carbocycles. The molecule has 0 spiro atoms. The molecule has 0 bridgehead atoms. The molecule has 126 heavy (non-hydrogen) atoms. The summed E-state index contributed by atoms with van der Waals surface area (Å²) >= 11 is 5.02. The molecule has 588 valence electrons. The van der Waals surface area contributed by atoms with E-state index in [-0.39, 0.29) is 70.4 Å². The fourth-order valence-corrected chi connectivity index (χ4v) is 20.2. The molecule has 0 saturated carbocycles. The van der Waals surface area contributed by atoms with Crippen molar-refractivity contribution in [3.63, 3.8) is 0 Å². The first-order chi connectivity index (χ1) is 68.5. The minimum absolute atomic E-state index is 0.00146. The average Bonchev–Trinajstić information content (AvgIpc) is 1.60. The van der Waals surface area contributed by atoms with Crippen molar-refractivity contribution in [2.24, 2.45) is 0 Å². The van der Waals surface area contributed by atoms with Gasteiger partial charge >= 0.3 is 0 Å². The summed E-state index contributed by atoms with van der Waals surface area (Å²) < 4.78 is 152. The van der Waals surface area contributed by atoms with Gasteiger partial charge in [-0.2, -0.15) is 0 Å². The van der Waals surface area contributed by atoms with Crippen LogP contribution in [0.15, 0.2) is 395 Å². The highest BCUT2D eigenvalue weighted by atomic mass is 32.1. The van der Waals surface area contributed by atoms with Crippen LogP contribution in [0, 0.1) is 0 Å². The Labute approximate surface area is 751 Å². The van der Waals surface area contributed by atoms with E-state index in [1.54, 1.807) is 34.0 Å². The summed E-state index contributed by atoms with van der Waals surface area (Å²) in [5.41, 5.74) is 8.20. The maximum Gasteiger partial charge on any atom is 0.164 e. The largest absolute Gasteiger partial charge is 0.456 e. The Morgan fingerprint density at radius 3 is 0.905 bits per heavy atom. The van der Waals surface area contributed by atoms with Crippen LogP contribution in [-0.4, -0.2) is 44.9 Å². The van der Waals surface area contributed by atoms with Crippen molar-refractivity contribution in [3.05, 3.63) is 382 Å². The highest BCUT2D eigenvalue weighted by molar-refractivity contribution is 7.26. The van der Waals surface area contributed by atoms with Crippen LogP contribution < -0.4 is 0 Å². The quantitative estimate of drug-likeness (QED) is 0.135. The highest BCUT2D eigenvalue weighted by Gasteiger charge is 2.23. The van der Waals surface area contributed by atoms with Gasteiger partial charge in [-0.1, -0.05) is 273 Å². The molecule has 12 nitrogen and oxygen atoms in total. The van der Waals surface area contributed by atoms with Crippen LogP contribution in [0.3, 0.4) is 0 Å². The maximum atomic E-state index is 8.70. The predicted molar refractivity (Wildman–Crippen MR) is 521 cm³/mol. The van der Waals surface area contributed by atoms with Crippen LogP contribution in [0.5, 0.6) is 0 Å². The lowest BCUT2D eigenvalue weighted by Gasteiger charge is -2.09. The van der Waals surface area contributed by atoms with Gasteiger partial charge < -0.3 is 13.3 Å². The van der Waals surface area contributed by atoms with E-state index in [1.165, 1.54) is 30.3 Å². The summed E-state index contributed by atoms with van der Waals surface area (Å²) in [5.74, 6) is 1.88. The van der Waals surface area contributed by atoms with Gasteiger partial charge in [0.15, 0.2) is 52.4 Å². The van der Waals surface area contributed by atoms with E-state index >= 15 is 0 Å². The molecule has 0 aliphatic carbocycles. The van der Waals surface area contributed by atoms with Crippen molar-refractivity contribution >= 4 is 193 Å². The fourth-order valence-electron chi connectivity index (χ4n) is 16.8. The van der Waals surface area contributed by atoms with Crippen LogP contribution in [0.2, 0.25) is 0 Å². The summed E-state index contributed by atoms with van der Waals surface area (Å²) in [6.45, 7) is 0. The number of fused-ring (bicyclic) bond motifs is 21. The number of hydrogen-bond donors (Lipinski definition) is 0. The molecule has 15 heteroatoms. The van der Waals surface area contributed by atoms with Gasteiger partial charge in [-0.3, -0.25) is 0 Å². The molecule has 0 atom stereocenters. The van der Waals surface area contributed by atoms with Crippen molar-refractivity contribution in [1.29, 1.82) is 0 Å². The number of furan rings is 3. The molecule has 0 aliphatic rings. The number of nitrogens with zero attached hydrogens (tertiary/aromatic N) is 9. The third-order valence-corrected chi connectivity index (χ3v) is 26.2. The highest BCUT2D eigenvalue weighted by Crippen LogP contribution is 2.45. The summed E-state index contributed by atoms with van der Waals surface area (Å²) in [7, 11) is 0. The van der Waals surface area contributed by atoms with E-state index in [1.807, 2.05) is 206 Å². The van der Waals surface area contributed by atoms with E-state index in [0.29, 0.717) is 62.8 Å². The molecule has 0 fully saturated rings. The lowest BCUT2D eigenvalue weighted by molar-refractivity contribution is 0.669. The van der Waals surface area contributed by atoms with Gasteiger partial charge in [-0.05, 0) is 142 Å². The molecular formula is C111H63N9O3S3. The lowest BCUT2D eigenvalue weighted by Crippen LogP contribution is -2.00. The van der Waals surface area contributed by atoms with Crippen LogP contribution in [0.1, 0.15) is 20.6 Å². The summed E-state index contributed by atoms with van der Waals surface area (Å²) in [4.78, 5) is 43.2. The van der Waals surface area contributed by atoms with Crippen LogP contribution in [0.4, 0.5) is 0 Å². The monoisotopic (exact) mass is 1680 g/mol. The zero-order chi connectivity index (χ0) is 95.9. The second kappa shape index (κ2) is 29.9. The van der Waals surface area contributed by atoms with Gasteiger partial charge in [0.25, 0.3) is 0 Å². The van der Waals surface area contributed by atoms with Crippen molar-refractivity contribution in [2.45, 2.75) is 0 Å². The summed E-state index contributed by atoms with van der Waals surface area (Å²) in [5, 5.41) is 18.9. The number of rotatable bonds is 9. The average molecular weight is 1680 g/mol. The van der Waals surface area contributed by atoms with Crippen molar-refractivity contribution < 1.29 is 33.8 Å². The molecule has 9 heterocycles. The van der Waals surface area contributed by atoms with Gasteiger partial charge in [-0.15, -0.1) is 34.0 Å². The SMILES string of the molecule is [2H]c1c([2H])c([2H])c(-c2nc(-c3ccc4c(c3)oc3cc5ccccc5cc34)nc(-c3ccc4c(c3)sc3ccccc34)n2)c([2H])c1[2H].[2H]c1c([2H])c([2H])c(-c2nc(-c3ccc4c(c3)sc3ccccc34)nc(-c3ccc4oc5cc6ccccc6cc5c4c3)n2)c([2H])c1[2H].[2H]c1c([2H])c([2H])c(-c2nc(-c3ccc4c(c3)sc3ccccc34)nc(-c3cccc4oc5cc6ccccc6cc5c34)n2)c([2H])c1[2H]. The second-order valence-corrected chi connectivity index (χ2v) is 33.6. The lowest BCUT2D eigenvalue weighted by atomic mass is 10.0. The molecule has 9 aromatic heterocycles. The van der Waals surface area contributed by atoms with Gasteiger partial charge in [-0.25, -0.2) is 44.9 Å². The van der Waals surface area contributed by atoms with Crippen molar-refractivity contribution in [3.8, 4) is 102 Å². The molecule has 0 N–H and O–H groups in total. The summed E-state index contributed by atoms with van der Waals surface area (Å²) in [6, 6.07) is 90.3. The number of thiophene rings is 3. The number of aromatic nitrogens is 9. The maximum absolute atomic E-state index is 8.70. The van der Waals surface area contributed by atoms with Crippen LogP contribution in [-0.2, 0) is 0 Å². The first kappa shape index (κ1) is 58.7. The Morgan fingerprint density at radius 1 is 0.183 bits per heavy atom. The molecule has 0 amide bonds. The standard InChI is InChI=1S/3C37H21N3OS/c1-2-9-22(10-3-1)35-38-36(25-17-18-27-26-13-6-7-16-32(26)42-33(27)21-25)40-37(39-35)28-14-8-15-30-34(28)29-19-23-11-4-5-12-24(23)20-31(29)41-30;1-2-8-22(9-3-1)35-38-36(40-37(39-35)26-14-16-28-27-12-6-7-13-33(27)42-34(28)21-26)25-15-17-31-29(19-25)30-18-23-10-4-5-11-24(23)20-32(30)41-31;1-2-8-22(9-3-1)35-38-36(40-37(39-35)26-15-17-29-28-12-6-7-13-33(28)42-34(29)21-26)25-14-16-27-30-18-23-10-4-5-11-24(23)19-32(30)41-31(27)20-25/h3*1-21H/i1D,2D,3D,9D,10D;2*1D,2D,3D,8D,9D. The van der Waals surface area contributed by atoms with Gasteiger partial charge in [0.1, 0.15) is 33.5 Å². The van der Waals surface area contributed by atoms with E-state index in [9.17, 15) is 0 Å². The third kappa shape index (κ3) is 12.9.